The van der Waals surface area contributed by atoms with Crippen molar-refractivity contribution in [2.45, 2.75) is 56.6 Å². The average molecular weight is 441 g/mol. The van der Waals surface area contributed by atoms with Crippen LogP contribution in [0.15, 0.2) is 33.2 Å². The third kappa shape index (κ3) is 4.03. The number of carbonyl (C=O) groups is 1. The zero-order valence-corrected chi connectivity index (χ0v) is 18.6. The predicted molar refractivity (Wildman–Crippen MR) is 119 cm³/mol. The number of aromatic nitrogens is 3. The number of anilines is 1. The minimum Gasteiger partial charge on any atom is -0.416 e. The van der Waals surface area contributed by atoms with Crippen molar-refractivity contribution in [3.63, 3.8) is 0 Å². The quantitative estimate of drug-likeness (QED) is 0.506. The third-order valence-corrected chi connectivity index (χ3v) is 7.46. The molecule has 0 N–H and O–H groups in total. The molecular weight excluding hydrogens is 416 g/mol. The van der Waals surface area contributed by atoms with Gasteiger partial charge in [0.05, 0.1) is 16.5 Å². The second kappa shape index (κ2) is 8.51. The molecule has 0 radical (unpaired) electrons. The minimum absolute atomic E-state index is 0.0772. The summed E-state index contributed by atoms with van der Waals surface area (Å²) >= 11 is 2.99. The molecule has 1 aliphatic carbocycles. The van der Waals surface area contributed by atoms with Gasteiger partial charge < -0.3 is 9.32 Å². The highest BCUT2D eigenvalue weighted by molar-refractivity contribution is 7.99. The van der Waals surface area contributed by atoms with E-state index >= 15 is 0 Å². The Labute approximate surface area is 184 Å². The number of amides is 1. The lowest BCUT2D eigenvalue weighted by atomic mass is 9.89. The highest BCUT2D eigenvalue weighted by atomic mass is 32.2. The van der Waals surface area contributed by atoms with Crippen LogP contribution in [0.25, 0.3) is 11.3 Å². The van der Waals surface area contributed by atoms with Gasteiger partial charge in [-0.3, -0.25) is 4.79 Å². The molecule has 1 saturated carbocycles. The number of thioether (sulfide) groups is 1. The number of hydrogen-bond acceptors (Lipinski definition) is 7. The molecule has 0 spiro atoms. The van der Waals surface area contributed by atoms with E-state index < -0.39 is 0 Å². The Morgan fingerprint density at radius 2 is 2.13 bits per heavy atom. The number of aryl methyl sites for hydroxylation is 1. The van der Waals surface area contributed by atoms with Gasteiger partial charge in [-0.05, 0) is 43.9 Å². The van der Waals surface area contributed by atoms with Gasteiger partial charge in [-0.2, -0.15) is 0 Å². The number of fused-ring (bicyclic) bond motifs is 1. The minimum atomic E-state index is 0.0772. The molecule has 0 unspecified atom stereocenters. The van der Waals surface area contributed by atoms with E-state index in [1.54, 1.807) is 11.3 Å². The second-order valence-electron chi connectivity index (χ2n) is 7.92. The molecule has 1 amide bonds. The largest absolute Gasteiger partial charge is 0.416 e. The maximum Gasteiger partial charge on any atom is 0.277 e. The van der Waals surface area contributed by atoms with E-state index in [1.807, 2.05) is 17.9 Å². The van der Waals surface area contributed by atoms with E-state index in [-0.39, 0.29) is 5.91 Å². The van der Waals surface area contributed by atoms with Crippen LogP contribution in [0.5, 0.6) is 0 Å². The van der Waals surface area contributed by atoms with Gasteiger partial charge in [0.25, 0.3) is 5.22 Å². The summed E-state index contributed by atoms with van der Waals surface area (Å²) in [4.78, 5) is 19.3. The van der Waals surface area contributed by atoms with Crippen molar-refractivity contribution in [2.24, 2.45) is 0 Å². The Hall–Kier alpha value is -2.19. The molecule has 2 aliphatic rings. The molecule has 1 aromatic carbocycles. The normalized spacial score (nSPS) is 16.8. The summed E-state index contributed by atoms with van der Waals surface area (Å²) in [5.41, 5.74) is 4.33. The third-order valence-electron chi connectivity index (χ3n) is 5.89. The summed E-state index contributed by atoms with van der Waals surface area (Å²) < 4.78 is 5.84. The highest BCUT2D eigenvalue weighted by Gasteiger charge is 2.26. The van der Waals surface area contributed by atoms with Gasteiger partial charge in [0.1, 0.15) is 0 Å². The van der Waals surface area contributed by atoms with Crippen molar-refractivity contribution in [3.05, 3.63) is 40.0 Å². The Morgan fingerprint density at radius 3 is 2.93 bits per heavy atom. The summed E-state index contributed by atoms with van der Waals surface area (Å²) in [7, 11) is 0. The molecular formula is C22H24N4O2S2. The van der Waals surface area contributed by atoms with Crippen LogP contribution in [0.3, 0.4) is 0 Å². The van der Waals surface area contributed by atoms with Gasteiger partial charge in [-0.25, -0.2) is 4.98 Å². The van der Waals surface area contributed by atoms with Gasteiger partial charge >= 0.3 is 0 Å². The lowest BCUT2D eigenvalue weighted by Crippen LogP contribution is -2.30. The zero-order valence-electron chi connectivity index (χ0n) is 17.0. The lowest BCUT2D eigenvalue weighted by Gasteiger charge is -2.17. The molecule has 8 heteroatoms. The molecule has 3 aromatic rings. The number of hydrogen-bond donors (Lipinski definition) is 0. The van der Waals surface area contributed by atoms with E-state index in [9.17, 15) is 4.79 Å². The van der Waals surface area contributed by atoms with E-state index in [0.717, 1.165) is 47.1 Å². The number of rotatable bonds is 5. The van der Waals surface area contributed by atoms with Crippen molar-refractivity contribution in [3.8, 4) is 11.3 Å². The van der Waals surface area contributed by atoms with Gasteiger partial charge in [0.2, 0.25) is 11.8 Å². The first-order valence-electron chi connectivity index (χ1n) is 10.5. The topological polar surface area (TPSA) is 72.1 Å². The maximum atomic E-state index is 12.9. The fourth-order valence-electron chi connectivity index (χ4n) is 4.31. The van der Waals surface area contributed by atoms with Gasteiger partial charge in [-0.1, -0.05) is 37.1 Å². The van der Waals surface area contributed by atoms with Crippen LogP contribution in [0.2, 0.25) is 0 Å². The van der Waals surface area contributed by atoms with Crippen LogP contribution in [0.1, 0.15) is 54.5 Å². The summed E-state index contributed by atoms with van der Waals surface area (Å²) in [6, 6.07) is 6.27. The zero-order chi connectivity index (χ0) is 20.5. The van der Waals surface area contributed by atoms with Gasteiger partial charge in [-0.15, -0.1) is 21.5 Å². The molecule has 30 heavy (non-hydrogen) atoms. The van der Waals surface area contributed by atoms with Crippen molar-refractivity contribution in [1.29, 1.82) is 0 Å². The van der Waals surface area contributed by atoms with E-state index in [0.29, 0.717) is 23.4 Å². The van der Waals surface area contributed by atoms with Crippen LogP contribution in [0, 0.1) is 6.92 Å². The molecule has 1 aliphatic heterocycles. The van der Waals surface area contributed by atoms with Crippen molar-refractivity contribution < 1.29 is 9.21 Å². The smallest absolute Gasteiger partial charge is 0.277 e. The number of nitrogens with zero attached hydrogens (tertiary/aromatic N) is 4. The molecule has 1 fully saturated rings. The Balaban J connectivity index is 1.22. The summed E-state index contributed by atoms with van der Waals surface area (Å²) in [5, 5.41) is 12.0. The Kier molecular flexibility index (Phi) is 5.60. The fourth-order valence-corrected chi connectivity index (χ4v) is 5.58. The first kappa shape index (κ1) is 19.8. The first-order chi connectivity index (χ1) is 14.7. The monoisotopic (exact) mass is 440 g/mol. The Morgan fingerprint density at radius 1 is 1.27 bits per heavy atom. The molecule has 156 valence electrons. The van der Waals surface area contributed by atoms with Crippen LogP contribution in [-0.2, 0) is 11.2 Å². The fraction of sp³-hybridized carbons (Fsp3) is 0.455. The molecule has 2 aromatic heterocycles. The standard InChI is InChI=1S/C22H24N4O2S2/c1-14-23-18(12-29-14)16-7-8-19-17(11-16)9-10-26(19)20(27)13-30-22-25-24-21(28-22)15-5-3-2-4-6-15/h7-8,11-12,15H,2-6,9-10,13H2,1H3. The average Bonchev–Trinajstić information content (AvgIpc) is 3.51. The Bertz CT molecular complexity index is 1060. The van der Waals surface area contributed by atoms with E-state index in [1.165, 1.54) is 36.6 Å². The summed E-state index contributed by atoms with van der Waals surface area (Å²) in [5.74, 6) is 1.51. The number of benzene rings is 1. The molecule has 0 bridgehead atoms. The first-order valence-corrected chi connectivity index (χ1v) is 12.4. The second-order valence-corrected chi connectivity index (χ2v) is 9.91. The molecule has 5 rings (SSSR count). The maximum absolute atomic E-state index is 12.9. The van der Waals surface area contributed by atoms with Crippen LogP contribution < -0.4 is 4.90 Å². The van der Waals surface area contributed by atoms with E-state index in [2.05, 4.69) is 32.7 Å². The highest BCUT2D eigenvalue weighted by Crippen LogP contribution is 2.35. The molecule has 0 atom stereocenters. The number of thiazole rings is 1. The predicted octanol–water partition coefficient (Wildman–Crippen LogP) is 5.23. The van der Waals surface area contributed by atoms with Crippen LogP contribution in [-0.4, -0.2) is 33.4 Å². The van der Waals surface area contributed by atoms with Crippen LogP contribution in [0.4, 0.5) is 5.69 Å². The SMILES string of the molecule is Cc1nc(-c2ccc3c(c2)CCN3C(=O)CSc2nnc(C3CCCCC3)o2)cs1. The summed E-state index contributed by atoms with van der Waals surface area (Å²) in [6.07, 6.45) is 6.87. The van der Waals surface area contributed by atoms with Crippen molar-refractivity contribution in [1.82, 2.24) is 15.2 Å². The van der Waals surface area contributed by atoms with Crippen molar-refractivity contribution in [2.75, 3.05) is 17.2 Å². The number of carbonyl (C=O) groups excluding carboxylic acids is 1. The lowest BCUT2D eigenvalue weighted by molar-refractivity contribution is -0.116. The molecule has 6 nitrogen and oxygen atoms in total. The van der Waals surface area contributed by atoms with E-state index in [4.69, 9.17) is 4.42 Å². The van der Waals surface area contributed by atoms with Crippen molar-refractivity contribution >= 4 is 34.7 Å². The van der Waals surface area contributed by atoms with Crippen LogP contribution >= 0.6 is 23.1 Å². The van der Waals surface area contributed by atoms with Gasteiger partial charge in [0, 0.05) is 29.1 Å². The summed E-state index contributed by atoms with van der Waals surface area (Å²) in [6.45, 7) is 2.73. The molecule has 3 heterocycles. The molecule has 0 saturated heterocycles. The van der Waals surface area contributed by atoms with Gasteiger partial charge in [0.15, 0.2) is 0 Å².